The third-order valence-corrected chi connectivity index (χ3v) is 8.95. The Morgan fingerprint density at radius 3 is 2.28 bits per heavy atom. The first-order chi connectivity index (χ1) is 15.1. The standard InChI is InChI=1S/C21H27ClN4O5S/c1-14-6-10-21(11-7-14)19(28)26(20(29)23-21)24-18(27)15-8-12-25(13-9-15)32(30,31)17-4-2-16(22)3-5-17/h2-5,14-15H,6-13H2,1H3,(H,23,29)(H,24,27). The zero-order valence-corrected chi connectivity index (χ0v) is 19.4. The number of carbonyl (C=O) groups excluding carboxylic acids is 3. The molecule has 0 bridgehead atoms. The number of nitrogens with one attached hydrogen (secondary N) is 2. The van der Waals surface area contributed by atoms with Crippen molar-refractivity contribution in [3.8, 4) is 0 Å². The molecule has 2 saturated heterocycles. The second-order valence-corrected chi connectivity index (χ2v) is 11.3. The number of carbonyl (C=O) groups is 3. The van der Waals surface area contributed by atoms with Crippen LogP contribution < -0.4 is 10.7 Å². The van der Waals surface area contributed by atoms with Crippen LogP contribution >= 0.6 is 11.6 Å². The Morgan fingerprint density at radius 1 is 1.09 bits per heavy atom. The van der Waals surface area contributed by atoms with Gasteiger partial charge in [0.25, 0.3) is 5.91 Å². The molecule has 174 valence electrons. The lowest BCUT2D eigenvalue weighted by Gasteiger charge is -2.33. The molecule has 9 nitrogen and oxygen atoms in total. The summed E-state index contributed by atoms with van der Waals surface area (Å²) in [4.78, 5) is 38.2. The van der Waals surface area contributed by atoms with Gasteiger partial charge in [-0.25, -0.2) is 13.2 Å². The van der Waals surface area contributed by atoms with Gasteiger partial charge < -0.3 is 5.32 Å². The van der Waals surface area contributed by atoms with Gasteiger partial charge in [-0.05, 0) is 68.7 Å². The van der Waals surface area contributed by atoms with E-state index in [1.165, 1.54) is 28.6 Å². The van der Waals surface area contributed by atoms with E-state index in [4.69, 9.17) is 11.6 Å². The SMILES string of the molecule is CC1CCC2(CC1)NC(=O)N(NC(=O)C1CCN(S(=O)(=O)c3ccc(Cl)cc3)CC1)C2=O. The molecule has 2 heterocycles. The topological polar surface area (TPSA) is 116 Å². The molecule has 4 rings (SSSR count). The van der Waals surface area contributed by atoms with Crippen molar-refractivity contribution in [2.45, 2.75) is 55.9 Å². The maximum Gasteiger partial charge on any atom is 0.344 e. The normalized spacial score (nSPS) is 27.6. The molecule has 4 amide bonds. The quantitative estimate of drug-likeness (QED) is 0.638. The van der Waals surface area contributed by atoms with Crippen LogP contribution in [0.1, 0.15) is 45.4 Å². The van der Waals surface area contributed by atoms with E-state index in [1.807, 2.05) is 0 Å². The van der Waals surface area contributed by atoms with E-state index in [9.17, 15) is 22.8 Å². The Kier molecular flexibility index (Phi) is 6.21. The molecule has 1 saturated carbocycles. The second kappa shape index (κ2) is 8.64. The molecular formula is C21H27ClN4O5S. The predicted molar refractivity (Wildman–Crippen MR) is 117 cm³/mol. The van der Waals surface area contributed by atoms with Gasteiger partial charge >= 0.3 is 6.03 Å². The molecule has 1 aromatic rings. The van der Waals surface area contributed by atoms with Crippen LogP contribution in [-0.2, 0) is 19.6 Å². The predicted octanol–water partition coefficient (Wildman–Crippen LogP) is 2.27. The summed E-state index contributed by atoms with van der Waals surface area (Å²) in [7, 11) is -3.68. The number of halogens is 1. The lowest BCUT2D eigenvalue weighted by Crippen LogP contribution is -2.53. The fourth-order valence-electron chi connectivity index (χ4n) is 4.63. The van der Waals surface area contributed by atoms with Gasteiger partial charge in [-0.2, -0.15) is 9.31 Å². The number of hydrogen-bond donors (Lipinski definition) is 2. The number of amides is 4. The molecule has 3 fully saturated rings. The number of sulfonamides is 1. The molecule has 1 aliphatic carbocycles. The van der Waals surface area contributed by atoms with Gasteiger partial charge in [0.15, 0.2) is 0 Å². The van der Waals surface area contributed by atoms with Crippen LogP contribution in [0.5, 0.6) is 0 Å². The van der Waals surface area contributed by atoms with E-state index < -0.39 is 39.3 Å². The first kappa shape index (κ1) is 23.0. The first-order valence-corrected chi connectivity index (χ1v) is 12.7. The van der Waals surface area contributed by atoms with Gasteiger partial charge in [-0.1, -0.05) is 18.5 Å². The third-order valence-electron chi connectivity index (χ3n) is 6.79. The van der Waals surface area contributed by atoms with Crippen molar-refractivity contribution in [2.75, 3.05) is 13.1 Å². The second-order valence-electron chi connectivity index (χ2n) is 8.94. The average Bonchev–Trinajstić information content (AvgIpc) is 3.00. The fourth-order valence-corrected chi connectivity index (χ4v) is 6.23. The number of imide groups is 1. The molecule has 2 aliphatic heterocycles. The summed E-state index contributed by atoms with van der Waals surface area (Å²) in [5, 5.41) is 4.02. The minimum Gasteiger partial charge on any atom is -0.322 e. The van der Waals surface area contributed by atoms with Crippen LogP contribution in [0.4, 0.5) is 4.79 Å². The summed E-state index contributed by atoms with van der Waals surface area (Å²) in [5.41, 5.74) is 1.55. The minimum absolute atomic E-state index is 0.149. The van der Waals surface area contributed by atoms with Gasteiger partial charge in [0, 0.05) is 24.0 Å². The van der Waals surface area contributed by atoms with Gasteiger partial charge in [0.05, 0.1) is 4.90 Å². The maximum atomic E-state index is 12.9. The van der Waals surface area contributed by atoms with Gasteiger partial charge in [-0.15, -0.1) is 0 Å². The molecule has 2 N–H and O–H groups in total. The highest BCUT2D eigenvalue weighted by Gasteiger charge is 2.53. The van der Waals surface area contributed by atoms with Crippen molar-refractivity contribution in [1.29, 1.82) is 0 Å². The summed E-state index contributed by atoms with van der Waals surface area (Å²) in [6.45, 7) is 2.46. The molecule has 11 heteroatoms. The Labute approximate surface area is 192 Å². The molecule has 0 unspecified atom stereocenters. The van der Waals surface area contributed by atoms with Gasteiger partial charge in [-0.3, -0.25) is 15.0 Å². The summed E-state index contributed by atoms with van der Waals surface area (Å²) in [6.07, 6.45) is 3.40. The minimum atomic E-state index is -3.68. The summed E-state index contributed by atoms with van der Waals surface area (Å²) in [6, 6.07) is 5.34. The zero-order valence-electron chi connectivity index (χ0n) is 17.8. The largest absolute Gasteiger partial charge is 0.344 e. The van der Waals surface area contributed by atoms with E-state index >= 15 is 0 Å². The lowest BCUT2D eigenvalue weighted by molar-refractivity contribution is -0.142. The summed E-state index contributed by atoms with van der Waals surface area (Å²) < 4.78 is 27.0. The van der Waals surface area contributed by atoms with Gasteiger partial charge in [0.2, 0.25) is 15.9 Å². The Hall–Kier alpha value is -2.17. The monoisotopic (exact) mass is 482 g/mol. The van der Waals surface area contributed by atoms with E-state index in [-0.39, 0.29) is 18.0 Å². The number of urea groups is 1. The van der Waals surface area contributed by atoms with Crippen molar-refractivity contribution < 1.29 is 22.8 Å². The maximum absolute atomic E-state index is 12.9. The van der Waals surface area contributed by atoms with Crippen molar-refractivity contribution in [2.24, 2.45) is 11.8 Å². The van der Waals surface area contributed by atoms with Crippen molar-refractivity contribution in [3.05, 3.63) is 29.3 Å². The molecule has 0 atom stereocenters. The molecule has 0 aromatic heterocycles. The first-order valence-electron chi connectivity index (χ1n) is 10.9. The Morgan fingerprint density at radius 2 is 1.69 bits per heavy atom. The van der Waals surface area contributed by atoms with Crippen LogP contribution in [0.25, 0.3) is 0 Å². The smallest absolute Gasteiger partial charge is 0.322 e. The fraction of sp³-hybridized carbons (Fsp3) is 0.571. The van der Waals surface area contributed by atoms with E-state index in [1.54, 1.807) is 0 Å². The summed E-state index contributed by atoms with van der Waals surface area (Å²) >= 11 is 5.84. The number of hydrogen-bond acceptors (Lipinski definition) is 5. The van der Waals surface area contributed by atoms with E-state index in [0.29, 0.717) is 36.6 Å². The Bertz CT molecular complexity index is 1010. The van der Waals surface area contributed by atoms with Crippen molar-refractivity contribution >= 4 is 39.5 Å². The molecule has 0 radical (unpaired) electrons. The van der Waals surface area contributed by atoms with Crippen LogP contribution in [-0.4, -0.2) is 54.2 Å². The number of nitrogens with zero attached hydrogens (tertiary/aromatic N) is 2. The summed E-state index contributed by atoms with van der Waals surface area (Å²) in [5.74, 6) is -0.845. The number of piperidine rings is 1. The number of benzene rings is 1. The van der Waals surface area contributed by atoms with Crippen LogP contribution in [0.3, 0.4) is 0 Å². The van der Waals surface area contributed by atoms with Gasteiger partial charge in [0.1, 0.15) is 5.54 Å². The lowest BCUT2D eigenvalue weighted by atomic mass is 9.77. The molecular weight excluding hydrogens is 456 g/mol. The molecule has 1 spiro atoms. The number of hydrazine groups is 1. The third kappa shape index (κ3) is 4.23. The highest BCUT2D eigenvalue weighted by Crippen LogP contribution is 2.36. The van der Waals surface area contributed by atoms with Crippen LogP contribution in [0.2, 0.25) is 5.02 Å². The van der Waals surface area contributed by atoms with E-state index in [2.05, 4.69) is 17.7 Å². The van der Waals surface area contributed by atoms with Crippen molar-refractivity contribution in [3.63, 3.8) is 0 Å². The van der Waals surface area contributed by atoms with Crippen molar-refractivity contribution in [1.82, 2.24) is 20.1 Å². The zero-order chi connectivity index (χ0) is 23.1. The highest BCUT2D eigenvalue weighted by atomic mass is 35.5. The van der Waals surface area contributed by atoms with Crippen LogP contribution in [0.15, 0.2) is 29.2 Å². The molecule has 3 aliphatic rings. The number of rotatable bonds is 4. The molecule has 1 aromatic carbocycles. The highest BCUT2D eigenvalue weighted by molar-refractivity contribution is 7.89. The van der Waals surface area contributed by atoms with Crippen LogP contribution in [0, 0.1) is 11.8 Å². The Balaban J connectivity index is 1.35. The molecule has 32 heavy (non-hydrogen) atoms. The average molecular weight is 483 g/mol. The van der Waals surface area contributed by atoms with E-state index in [0.717, 1.165) is 17.9 Å².